The first-order valence-electron chi connectivity index (χ1n) is 6.12. The van der Waals surface area contributed by atoms with Gasteiger partial charge in [-0.25, -0.2) is 18.6 Å². The zero-order chi connectivity index (χ0) is 14.3. The monoisotopic (exact) mass is 277 g/mol. The molecule has 0 radical (unpaired) electrons. The van der Waals surface area contributed by atoms with E-state index in [1.165, 1.54) is 0 Å². The van der Waals surface area contributed by atoms with Gasteiger partial charge in [0.2, 0.25) is 5.76 Å². The average Bonchev–Trinajstić information content (AvgIpc) is 2.79. The van der Waals surface area contributed by atoms with E-state index in [4.69, 9.17) is 9.15 Å². The molecule has 0 saturated heterocycles. The molecule has 0 aliphatic heterocycles. The predicted molar refractivity (Wildman–Crippen MR) is 62.2 cm³/mol. The van der Waals surface area contributed by atoms with Gasteiger partial charge in [0.05, 0.1) is 6.61 Å². The van der Waals surface area contributed by atoms with E-state index < -0.39 is 23.8 Å². The van der Waals surface area contributed by atoms with Gasteiger partial charge in [0.15, 0.2) is 11.6 Å². The zero-order valence-corrected chi connectivity index (χ0v) is 10.9. The maximum absolute atomic E-state index is 12.7. The van der Waals surface area contributed by atoms with E-state index in [0.29, 0.717) is 26.1 Å². The molecule has 1 aromatic rings. The summed E-state index contributed by atoms with van der Waals surface area (Å²) in [6.45, 7) is 4.60. The van der Waals surface area contributed by atoms with Crippen LogP contribution in [0.3, 0.4) is 0 Å². The molecule has 0 saturated carbocycles. The highest BCUT2D eigenvalue weighted by Gasteiger charge is 2.27. The minimum atomic E-state index is -2.87. The molecular formula is C12H17F2NO4. The summed E-state index contributed by atoms with van der Waals surface area (Å²) >= 11 is 0. The highest BCUT2D eigenvalue weighted by Crippen LogP contribution is 2.24. The first-order valence-corrected chi connectivity index (χ1v) is 6.12. The summed E-state index contributed by atoms with van der Waals surface area (Å²) in [7, 11) is 0. The van der Waals surface area contributed by atoms with Crippen LogP contribution in [0, 0.1) is 0 Å². The van der Waals surface area contributed by atoms with E-state index in [2.05, 4.69) is 9.72 Å². The second-order valence-electron chi connectivity index (χ2n) is 3.64. The van der Waals surface area contributed by atoms with E-state index in [0.717, 1.165) is 0 Å². The molecule has 5 nitrogen and oxygen atoms in total. The number of carbonyl (C=O) groups excluding carboxylic acids is 1. The standard InChI is InChI=1S/C12H17F2NO4/c1-3-17-7-5-6-8-15-9(11(13)14)10(19-8)12(16)18-4-2/h11H,3-7H2,1-2H3. The van der Waals surface area contributed by atoms with Crippen LogP contribution in [0.2, 0.25) is 0 Å². The van der Waals surface area contributed by atoms with Crippen LogP contribution in [-0.4, -0.2) is 30.8 Å². The van der Waals surface area contributed by atoms with Gasteiger partial charge in [-0.1, -0.05) is 0 Å². The van der Waals surface area contributed by atoms with E-state index >= 15 is 0 Å². The summed E-state index contributed by atoms with van der Waals surface area (Å²) in [5.74, 6) is -1.33. The van der Waals surface area contributed by atoms with Crippen LogP contribution in [0.1, 0.15) is 48.8 Å². The molecule has 0 aliphatic rings. The number of halogens is 2. The fourth-order valence-electron chi connectivity index (χ4n) is 1.45. The molecule has 108 valence electrons. The van der Waals surface area contributed by atoms with Gasteiger partial charge in [-0.05, 0) is 20.3 Å². The van der Waals surface area contributed by atoms with E-state index in [1.807, 2.05) is 6.92 Å². The molecule has 0 aromatic carbocycles. The molecule has 1 rings (SSSR count). The fourth-order valence-corrected chi connectivity index (χ4v) is 1.45. The number of esters is 1. The Bertz CT molecular complexity index is 406. The van der Waals surface area contributed by atoms with Gasteiger partial charge >= 0.3 is 5.97 Å². The van der Waals surface area contributed by atoms with E-state index in [1.54, 1.807) is 6.92 Å². The van der Waals surface area contributed by atoms with Crippen LogP contribution in [0.15, 0.2) is 4.42 Å². The smallest absolute Gasteiger partial charge is 0.376 e. The van der Waals surface area contributed by atoms with Crippen LogP contribution in [-0.2, 0) is 15.9 Å². The Labute approximate surface area is 109 Å². The zero-order valence-electron chi connectivity index (χ0n) is 10.9. The van der Waals surface area contributed by atoms with Crippen molar-refractivity contribution >= 4 is 5.97 Å². The lowest BCUT2D eigenvalue weighted by molar-refractivity contribution is 0.0473. The minimum absolute atomic E-state index is 0.0852. The van der Waals surface area contributed by atoms with Crippen LogP contribution >= 0.6 is 0 Å². The Balaban J connectivity index is 2.73. The van der Waals surface area contributed by atoms with Gasteiger partial charge in [0.25, 0.3) is 6.43 Å². The second kappa shape index (κ2) is 7.83. The van der Waals surface area contributed by atoms with Crippen molar-refractivity contribution in [1.29, 1.82) is 0 Å². The third-order valence-corrected chi connectivity index (χ3v) is 2.25. The Hall–Kier alpha value is -1.50. The normalized spacial score (nSPS) is 11.0. The highest BCUT2D eigenvalue weighted by molar-refractivity contribution is 5.87. The number of carbonyl (C=O) groups is 1. The lowest BCUT2D eigenvalue weighted by Crippen LogP contribution is -2.06. The van der Waals surface area contributed by atoms with Crippen molar-refractivity contribution < 1.29 is 27.5 Å². The number of hydrogen-bond donors (Lipinski definition) is 0. The number of aromatic nitrogens is 1. The molecule has 0 bridgehead atoms. The number of ether oxygens (including phenoxy) is 2. The first kappa shape index (κ1) is 15.6. The number of oxazole rings is 1. The van der Waals surface area contributed by atoms with Crippen LogP contribution in [0.4, 0.5) is 8.78 Å². The largest absolute Gasteiger partial charge is 0.460 e. The van der Waals surface area contributed by atoms with Crippen molar-refractivity contribution in [2.24, 2.45) is 0 Å². The van der Waals surface area contributed by atoms with E-state index in [-0.39, 0.29) is 12.5 Å². The lowest BCUT2D eigenvalue weighted by Gasteiger charge is -1.99. The number of hydrogen-bond acceptors (Lipinski definition) is 5. The maximum Gasteiger partial charge on any atom is 0.376 e. The molecule has 0 unspecified atom stereocenters. The van der Waals surface area contributed by atoms with Crippen LogP contribution in [0.5, 0.6) is 0 Å². The van der Waals surface area contributed by atoms with Crippen molar-refractivity contribution in [1.82, 2.24) is 4.98 Å². The van der Waals surface area contributed by atoms with Gasteiger partial charge in [0.1, 0.15) is 0 Å². The molecule has 1 aromatic heterocycles. The topological polar surface area (TPSA) is 61.6 Å². The van der Waals surface area contributed by atoms with Gasteiger partial charge in [0, 0.05) is 19.6 Å². The lowest BCUT2D eigenvalue weighted by atomic mass is 10.3. The molecule has 1 heterocycles. The Morgan fingerprint density at radius 1 is 1.37 bits per heavy atom. The van der Waals surface area contributed by atoms with E-state index in [9.17, 15) is 13.6 Å². The molecule has 0 atom stereocenters. The van der Waals surface area contributed by atoms with Gasteiger partial charge < -0.3 is 13.9 Å². The molecule has 19 heavy (non-hydrogen) atoms. The average molecular weight is 277 g/mol. The molecule has 0 amide bonds. The van der Waals surface area contributed by atoms with Gasteiger partial charge in [-0.15, -0.1) is 0 Å². The van der Waals surface area contributed by atoms with Crippen molar-refractivity contribution in [3.8, 4) is 0 Å². The number of alkyl halides is 2. The van der Waals surface area contributed by atoms with Crippen molar-refractivity contribution in [2.45, 2.75) is 33.1 Å². The molecule has 7 heteroatoms. The van der Waals surface area contributed by atoms with Crippen LogP contribution < -0.4 is 0 Å². The quantitative estimate of drug-likeness (QED) is 0.540. The highest BCUT2D eigenvalue weighted by atomic mass is 19.3. The van der Waals surface area contributed by atoms with Crippen molar-refractivity contribution in [3.05, 3.63) is 17.3 Å². The molecule has 0 aliphatic carbocycles. The molecular weight excluding hydrogens is 260 g/mol. The van der Waals surface area contributed by atoms with Crippen molar-refractivity contribution in [3.63, 3.8) is 0 Å². The number of nitrogens with zero attached hydrogens (tertiary/aromatic N) is 1. The first-order chi connectivity index (χ1) is 9.10. The fraction of sp³-hybridized carbons (Fsp3) is 0.667. The summed E-state index contributed by atoms with van der Waals surface area (Å²) in [5, 5.41) is 0. The summed E-state index contributed by atoms with van der Waals surface area (Å²) in [5.41, 5.74) is -0.662. The summed E-state index contributed by atoms with van der Waals surface area (Å²) < 4.78 is 40.3. The Morgan fingerprint density at radius 2 is 2.11 bits per heavy atom. The summed E-state index contributed by atoms with van der Waals surface area (Å²) in [6.07, 6.45) is -1.96. The number of aryl methyl sites for hydroxylation is 1. The SMILES string of the molecule is CCOCCCc1nc(C(F)F)c(C(=O)OCC)o1. The molecule has 0 fully saturated rings. The Kier molecular flexibility index (Phi) is 6.41. The third-order valence-electron chi connectivity index (χ3n) is 2.25. The molecule has 0 spiro atoms. The number of rotatable bonds is 8. The predicted octanol–water partition coefficient (Wildman–Crippen LogP) is 2.76. The summed E-state index contributed by atoms with van der Waals surface area (Å²) in [6, 6.07) is 0. The van der Waals surface area contributed by atoms with Crippen molar-refractivity contribution in [2.75, 3.05) is 19.8 Å². The maximum atomic E-state index is 12.7. The van der Waals surface area contributed by atoms with Gasteiger partial charge in [-0.2, -0.15) is 0 Å². The van der Waals surface area contributed by atoms with Crippen LogP contribution in [0.25, 0.3) is 0 Å². The molecule has 0 N–H and O–H groups in total. The Morgan fingerprint density at radius 3 is 2.68 bits per heavy atom. The third kappa shape index (κ3) is 4.59. The second-order valence-corrected chi connectivity index (χ2v) is 3.64. The minimum Gasteiger partial charge on any atom is -0.460 e. The van der Waals surface area contributed by atoms with Gasteiger partial charge in [-0.3, -0.25) is 0 Å². The summed E-state index contributed by atoms with van der Waals surface area (Å²) in [4.78, 5) is 15.1.